The van der Waals surface area contributed by atoms with Gasteiger partial charge < -0.3 is 5.32 Å². The first-order valence-corrected chi connectivity index (χ1v) is 8.06. The Bertz CT molecular complexity index is 814. The molecule has 5 nitrogen and oxygen atoms in total. The third-order valence-corrected chi connectivity index (χ3v) is 4.55. The second-order valence-electron chi connectivity index (χ2n) is 6.30. The van der Waals surface area contributed by atoms with Gasteiger partial charge in [-0.25, -0.2) is 9.07 Å². The van der Waals surface area contributed by atoms with Gasteiger partial charge in [-0.05, 0) is 49.4 Å². The topological polar surface area (TPSA) is 64.0 Å². The summed E-state index contributed by atoms with van der Waals surface area (Å²) in [4.78, 5) is 24.2. The number of hydrogen-bond donors (Lipinski definition) is 1. The molecule has 1 amide bonds. The van der Waals surface area contributed by atoms with Crippen LogP contribution in [-0.4, -0.2) is 15.7 Å². The fourth-order valence-electron chi connectivity index (χ4n) is 3.08. The lowest BCUT2D eigenvalue weighted by atomic mass is 9.86. The summed E-state index contributed by atoms with van der Waals surface area (Å²) in [6, 6.07) is 7.49. The number of amides is 1. The number of carbonyl (C=O) groups excluding carboxylic acids is 1. The molecule has 2 aromatic rings. The molecule has 0 saturated heterocycles. The molecule has 0 spiro atoms. The van der Waals surface area contributed by atoms with Crippen molar-refractivity contribution in [3.05, 3.63) is 63.3 Å². The lowest BCUT2D eigenvalue weighted by Crippen LogP contribution is -2.36. The summed E-state index contributed by atoms with van der Waals surface area (Å²) in [5.74, 6) is -0.511. The minimum absolute atomic E-state index is 0.0434. The van der Waals surface area contributed by atoms with Gasteiger partial charge in [-0.15, -0.1) is 0 Å². The SMILES string of the molecule is C[C@@H](NC(=O)[C@@H]1CCc2nn(C)c(=O)cc2C1)c1ccc(F)cc1. The highest BCUT2D eigenvalue weighted by atomic mass is 19.1. The van der Waals surface area contributed by atoms with Crippen molar-refractivity contribution in [3.8, 4) is 0 Å². The van der Waals surface area contributed by atoms with Crippen LogP contribution >= 0.6 is 0 Å². The van der Waals surface area contributed by atoms with Crippen molar-refractivity contribution in [2.45, 2.75) is 32.2 Å². The lowest BCUT2D eigenvalue weighted by molar-refractivity contribution is -0.126. The van der Waals surface area contributed by atoms with Crippen LogP contribution < -0.4 is 10.9 Å². The standard InChI is InChI=1S/C18H20FN3O2/c1-11(12-3-6-15(19)7-4-12)20-18(24)13-5-8-16-14(9-13)10-17(23)22(2)21-16/h3-4,6-7,10-11,13H,5,8-9H2,1-2H3,(H,20,24)/t11-,13-/m1/s1. The number of rotatable bonds is 3. The molecule has 0 saturated carbocycles. The number of benzene rings is 1. The molecule has 0 unspecified atom stereocenters. The summed E-state index contributed by atoms with van der Waals surface area (Å²) >= 11 is 0. The Labute approximate surface area is 139 Å². The van der Waals surface area contributed by atoms with Crippen LogP contribution in [0.3, 0.4) is 0 Å². The van der Waals surface area contributed by atoms with Crippen molar-refractivity contribution in [2.24, 2.45) is 13.0 Å². The van der Waals surface area contributed by atoms with Crippen LogP contribution in [0.5, 0.6) is 0 Å². The Balaban J connectivity index is 1.68. The van der Waals surface area contributed by atoms with Crippen molar-refractivity contribution < 1.29 is 9.18 Å². The molecule has 0 radical (unpaired) electrons. The second kappa shape index (κ2) is 6.55. The first-order valence-electron chi connectivity index (χ1n) is 8.06. The van der Waals surface area contributed by atoms with Crippen LogP contribution in [0.1, 0.15) is 36.2 Å². The van der Waals surface area contributed by atoms with Gasteiger partial charge in [-0.1, -0.05) is 12.1 Å². The van der Waals surface area contributed by atoms with Gasteiger partial charge in [0.1, 0.15) is 5.82 Å². The summed E-state index contributed by atoms with van der Waals surface area (Å²) in [5.41, 5.74) is 2.46. The zero-order valence-electron chi connectivity index (χ0n) is 13.8. The van der Waals surface area contributed by atoms with E-state index in [0.29, 0.717) is 19.3 Å². The van der Waals surface area contributed by atoms with E-state index in [1.807, 2.05) is 6.92 Å². The number of carbonyl (C=O) groups is 1. The molecule has 1 aliphatic rings. The monoisotopic (exact) mass is 329 g/mol. The van der Waals surface area contributed by atoms with Gasteiger partial charge in [0.2, 0.25) is 5.91 Å². The molecular formula is C18H20FN3O2. The second-order valence-corrected chi connectivity index (χ2v) is 6.30. The van der Waals surface area contributed by atoms with Crippen molar-refractivity contribution in [1.29, 1.82) is 0 Å². The van der Waals surface area contributed by atoms with Gasteiger partial charge in [0.25, 0.3) is 5.56 Å². The fourth-order valence-corrected chi connectivity index (χ4v) is 3.08. The third-order valence-electron chi connectivity index (χ3n) is 4.55. The van der Waals surface area contributed by atoms with Crippen LogP contribution in [0.4, 0.5) is 4.39 Å². The smallest absolute Gasteiger partial charge is 0.266 e. The Kier molecular flexibility index (Phi) is 4.46. The van der Waals surface area contributed by atoms with Gasteiger partial charge in [0.05, 0.1) is 11.7 Å². The minimum Gasteiger partial charge on any atom is -0.349 e. The van der Waals surface area contributed by atoms with Gasteiger partial charge in [-0.2, -0.15) is 5.10 Å². The molecule has 6 heteroatoms. The van der Waals surface area contributed by atoms with E-state index >= 15 is 0 Å². The molecular weight excluding hydrogens is 309 g/mol. The number of nitrogens with one attached hydrogen (secondary N) is 1. The average molecular weight is 329 g/mol. The average Bonchev–Trinajstić information content (AvgIpc) is 2.56. The Morgan fingerprint density at radius 3 is 2.79 bits per heavy atom. The molecule has 0 bridgehead atoms. The first kappa shape index (κ1) is 16.4. The van der Waals surface area contributed by atoms with Crippen molar-refractivity contribution in [3.63, 3.8) is 0 Å². The molecule has 1 aliphatic carbocycles. The molecule has 1 N–H and O–H groups in total. The van der Waals surface area contributed by atoms with E-state index in [4.69, 9.17) is 0 Å². The van der Waals surface area contributed by atoms with Gasteiger partial charge in [-0.3, -0.25) is 9.59 Å². The van der Waals surface area contributed by atoms with Crippen molar-refractivity contribution in [2.75, 3.05) is 0 Å². The van der Waals surface area contributed by atoms with Crippen LogP contribution in [0.25, 0.3) is 0 Å². The minimum atomic E-state index is -0.296. The number of nitrogens with zero attached hydrogens (tertiary/aromatic N) is 2. The summed E-state index contributed by atoms with van der Waals surface area (Å²) in [7, 11) is 1.63. The third kappa shape index (κ3) is 3.37. The number of aromatic nitrogens is 2. The van der Waals surface area contributed by atoms with Crippen LogP contribution in [0.15, 0.2) is 35.1 Å². The first-order chi connectivity index (χ1) is 11.4. The van der Waals surface area contributed by atoms with E-state index in [2.05, 4.69) is 10.4 Å². The number of halogens is 1. The maximum atomic E-state index is 13.0. The molecule has 126 valence electrons. The van der Waals surface area contributed by atoms with Gasteiger partial charge >= 0.3 is 0 Å². The van der Waals surface area contributed by atoms with Crippen LogP contribution in [0.2, 0.25) is 0 Å². The maximum absolute atomic E-state index is 13.0. The van der Waals surface area contributed by atoms with E-state index < -0.39 is 0 Å². The molecule has 1 aromatic heterocycles. The van der Waals surface area contributed by atoms with E-state index in [1.165, 1.54) is 16.8 Å². The zero-order chi connectivity index (χ0) is 17.3. The summed E-state index contributed by atoms with van der Waals surface area (Å²) < 4.78 is 14.3. The fraction of sp³-hybridized carbons (Fsp3) is 0.389. The van der Waals surface area contributed by atoms with E-state index in [0.717, 1.165) is 16.8 Å². The number of hydrogen-bond acceptors (Lipinski definition) is 3. The quantitative estimate of drug-likeness (QED) is 0.935. The van der Waals surface area contributed by atoms with Crippen molar-refractivity contribution in [1.82, 2.24) is 15.1 Å². The highest BCUT2D eigenvalue weighted by Crippen LogP contribution is 2.24. The van der Waals surface area contributed by atoms with E-state index in [1.54, 1.807) is 25.2 Å². The predicted molar refractivity (Wildman–Crippen MR) is 88.0 cm³/mol. The normalized spacial score (nSPS) is 17.9. The molecule has 3 rings (SSSR count). The Hall–Kier alpha value is -2.50. The molecule has 0 fully saturated rings. The molecule has 2 atom stereocenters. The zero-order valence-corrected chi connectivity index (χ0v) is 13.8. The summed E-state index contributed by atoms with van der Waals surface area (Å²) in [6.45, 7) is 1.87. The highest BCUT2D eigenvalue weighted by molar-refractivity contribution is 5.79. The van der Waals surface area contributed by atoms with Gasteiger partial charge in [0.15, 0.2) is 0 Å². The number of fused-ring (bicyclic) bond motifs is 1. The molecule has 24 heavy (non-hydrogen) atoms. The van der Waals surface area contributed by atoms with Gasteiger partial charge in [0, 0.05) is 19.0 Å². The summed E-state index contributed by atoms with van der Waals surface area (Å²) in [5, 5.41) is 7.24. The highest BCUT2D eigenvalue weighted by Gasteiger charge is 2.27. The predicted octanol–water partition coefficient (Wildman–Crippen LogP) is 1.90. The number of aryl methyl sites for hydroxylation is 2. The largest absolute Gasteiger partial charge is 0.349 e. The maximum Gasteiger partial charge on any atom is 0.266 e. The molecule has 1 aromatic carbocycles. The van der Waals surface area contributed by atoms with Crippen LogP contribution in [-0.2, 0) is 24.7 Å². The molecule has 0 aliphatic heterocycles. The van der Waals surface area contributed by atoms with E-state index in [9.17, 15) is 14.0 Å². The Morgan fingerprint density at radius 1 is 1.38 bits per heavy atom. The van der Waals surface area contributed by atoms with E-state index in [-0.39, 0.29) is 29.2 Å². The lowest BCUT2D eigenvalue weighted by Gasteiger charge is -2.25. The van der Waals surface area contributed by atoms with Crippen molar-refractivity contribution >= 4 is 5.91 Å². The van der Waals surface area contributed by atoms with Crippen LogP contribution in [0, 0.1) is 11.7 Å². The summed E-state index contributed by atoms with van der Waals surface area (Å²) in [6.07, 6.45) is 1.92. The Morgan fingerprint density at radius 2 is 2.08 bits per heavy atom. The molecule has 1 heterocycles.